The Hall–Kier alpha value is -0.710. The maximum absolute atomic E-state index is 11.6. The summed E-state index contributed by atoms with van der Waals surface area (Å²) in [5.74, 6) is -1.10. The van der Waals surface area contributed by atoms with Gasteiger partial charge in [0, 0.05) is 6.42 Å². The molecule has 0 radical (unpaired) electrons. The molecule has 5 heteroatoms. The highest BCUT2D eigenvalue weighted by atomic mass is 19.3. The number of halogens is 2. The van der Waals surface area contributed by atoms with Crippen LogP contribution in [0.5, 0.6) is 0 Å². The standard InChI is InChI=1S/C5H9F2NO2/c6-5(7)3(8)1-2-4(9)10/h3,5H,1-2,8H2,(H,9,10)/t3-/m1/s1. The van der Waals surface area contributed by atoms with Crippen LogP contribution < -0.4 is 5.73 Å². The van der Waals surface area contributed by atoms with Gasteiger partial charge in [0.1, 0.15) is 0 Å². The number of carboxylic acids is 1. The smallest absolute Gasteiger partial charge is 0.303 e. The van der Waals surface area contributed by atoms with Gasteiger partial charge in [0.15, 0.2) is 0 Å². The molecule has 0 aliphatic carbocycles. The van der Waals surface area contributed by atoms with E-state index in [4.69, 9.17) is 10.8 Å². The van der Waals surface area contributed by atoms with Crippen LogP contribution in [0.4, 0.5) is 8.78 Å². The van der Waals surface area contributed by atoms with Crippen LogP contribution >= 0.6 is 0 Å². The van der Waals surface area contributed by atoms with Crippen LogP contribution in [-0.4, -0.2) is 23.5 Å². The first-order chi connectivity index (χ1) is 4.54. The summed E-state index contributed by atoms with van der Waals surface area (Å²) >= 11 is 0. The fourth-order valence-corrected chi connectivity index (χ4v) is 0.416. The fourth-order valence-electron chi connectivity index (χ4n) is 0.416. The molecule has 0 aliphatic heterocycles. The summed E-state index contributed by atoms with van der Waals surface area (Å²) < 4.78 is 23.1. The zero-order valence-corrected chi connectivity index (χ0v) is 5.26. The second kappa shape index (κ2) is 4.16. The molecule has 0 heterocycles. The Morgan fingerprint density at radius 2 is 2.10 bits per heavy atom. The van der Waals surface area contributed by atoms with Crippen molar-refractivity contribution in [2.45, 2.75) is 25.3 Å². The van der Waals surface area contributed by atoms with Gasteiger partial charge in [-0.3, -0.25) is 4.79 Å². The lowest BCUT2D eigenvalue weighted by Gasteiger charge is -2.06. The number of rotatable bonds is 4. The van der Waals surface area contributed by atoms with Gasteiger partial charge in [0.05, 0.1) is 6.04 Å². The largest absolute Gasteiger partial charge is 0.481 e. The molecule has 0 fully saturated rings. The summed E-state index contributed by atoms with van der Waals surface area (Å²) in [5.41, 5.74) is 4.85. The van der Waals surface area contributed by atoms with Crippen molar-refractivity contribution in [3.8, 4) is 0 Å². The van der Waals surface area contributed by atoms with Crippen LogP contribution in [0.3, 0.4) is 0 Å². The maximum atomic E-state index is 11.6. The van der Waals surface area contributed by atoms with E-state index >= 15 is 0 Å². The topological polar surface area (TPSA) is 63.3 Å². The average molecular weight is 153 g/mol. The Bertz CT molecular complexity index is 118. The summed E-state index contributed by atoms with van der Waals surface area (Å²) in [6, 6.07) is -1.31. The van der Waals surface area contributed by atoms with Gasteiger partial charge < -0.3 is 10.8 Å². The molecule has 0 aromatic heterocycles. The number of hydrogen-bond donors (Lipinski definition) is 2. The van der Waals surface area contributed by atoms with E-state index in [9.17, 15) is 13.6 Å². The van der Waals surface area contributed by atoms with Gasteiger partial charge >= 0.3 is 5.97 Å². The molecule has 0 saturated carbocycles. The number of hydrogen-bond acceptors (Lipinski definition) is 2. The van der Waals surface area contributed by atoms with Gasteiger partial charge in [0.2, 0.25) is 0 Å². The highest BCUT2D eigenvalue weighted by molar-refractivity contribution is 5.66. The maximum Gasteiger partial charge on any atom is 0.303 e. The summed E-state index contributed by atoms with van der Waals surface area (Å²) in [7, 11) is 0. The lowest BCUT2D eigenvalue weighted by atomic mass is 10.2. The number of nitrogens with two attached hydrogens (primary N) is 1. The fraction of sp³-hybridized carbons (Fsp3) is 0.800. The van der Waals surface area contributed by atoms with Crippen LogP contribution in [0.1, 0.15) is 12.8 Å². The molecule has 1 atom stereocenters. The van der Waals surface area contributed by atoms with E-state index in [-0.39, 0.29) is 12.8 Å². The third-order valence-corrected chi connectivity index (χ3v) is 1.02. The summed E-state index contributed by atoms with van der Waals surface area (Å²) in [4.78, 5) is 9.83. The first kappa shape index (κ1) is 9.29. The van der Waals surface area contributed by atoms with E-state index in [2.05, 4.69) is 0 Å². The minimum absolute atomic E-state index is 0.174. The van der Waals surface area contributed by atoms with Gasteiger partial charge in [-0.25, -0.2) is 8.78 Å². The quantitative estimate of drug-likeness (QED) is 0.616. The van der Waals surface area contributed by atoms with E-state index in [1.165, 1.54) is 0 Å². The Labute approximate surface area is 56.8 Å². The van der Waals surface area contributed by atoms with Crippen LogP contribution in [0, 0.1) is 0 Å². The van der Waals surface area contributed by atoms with E-state index in [0.717, 1.165) is 0 Å². The molecule has 3 nitrogen and oxygen atoms in total. The molecule has 0 spiro atoms. The van der Waals surface area contributed by atoms with E-state index in [0.29, 0.717) is 0 Å². The molecule has 0 aliphatic rings. The van der Waals surface area contributed by atoms with Gasteiger partial charge in [-0.1, -0.05) is 0 Å². The zero-order valence-electron chi connectivity index (χ0n) is 5.26. The van der Waals surface area contributed by atoms with Crippen molar-refractivity contribution in [1.29, 1.82) is 0 Å². The molecule has 0 aromatic rings. The molecule has 10 heavy (non-hydrogen) atoms. The van der Waals surface area contributed by atoms with Crippen LogP contribution in [0.25, 0.3) is 0 Å². The summed E-state index contributed by atoms with van der Waals surface area (Å²) in [5, 5.41) is 8.04. The SMILES string of the molecule is N[C@H](CCC(=O)O)C(F)F. The van der Waals surface area contributed by atoms with Crippen LogP contribution in [-0.2, 0) is 4.79 Å². The van der Waals surface area contributed by atoms with Crippen molar-refractivity contribution < 1.29 is 18.7 Å². The van der Waals surface area contributed by atoms with Crippen LogP contribution in [0.15, 0.2) is 0 Å². The first-order valence-corrected chi connectivity index (χ1v) is 2.79. The molecular formula is C5H9F2NO2. The van der Waals surface area contributed by atoms with Crippen molar-refractivity contribution in [1.82, 2.24) is 0 Å². The second-order valence-corrected chi connectivity index (χ2v) is 1.93. The Balaban J connectivity index is 3.39. The first-order valence-electron chi connectivity index (χ1n) is 2.79. The van der Waals surface area contributed by atoms with Gasteiger partial charge in [-0.05, 0) is 6.42 Å². The molecule has 0 unspecified atom stereocenters. The number of alkyl halides is 2. The predicted octanol–water partition coefficient (Wildman–Crippen LogP) is 0.444. The third-order valence-electron chi connectivity index (χ3n) is 1.02. The number of carbonyl (C=O) groups is 1. The lowest BCUT2D eigenvalue weighted by molar-refractivity contribution is -0.137. The Morgan fingerprint density at radius 3 is 2.40 bits per heavy atom. The lowest BCUT2D eigenvalue weighted by Crippen LogP contribution is -2.29. The van der Waals surface area contributed by atoms with Crippen LogP contribution in [0.2, 0.25) is 0 Å². The minimum Gasteiger partial charge on any atom is -0.481 e. The molecular weight excluding hydrogens is 144 g/mol. The zero-order chi connectivity index (χ0) is 8.15. The van der Waals surface area contributed by atoms with E-state index in [1.807, 2.05) is 0 Å². The molecule has 0 bridgehead atoms. The molecule has 3 N–H and O–H groups in total. The Morgan fingerprint density at radius 1 is 1.60 bits per heavy atom. The average Bonchev–Trinajstić information content (AvgIpc) is 1.82. The third kappa shape index (κ3) is 4.20. The molecule has 0 rings (SSSR count). The van der Waals surface area contributed by atoms with Crippen molar-refractivity contribution in [3.63, 3.8) is 0 Å². The van der Waals surface area contributed by atoms with Crippen molar-refractivity contribution in [2.75, 3.05) is 0 Å². The van der Waals surface area contributed by atoms with Gasteiger partial charge in [-0.2, -0.15) is 0 Å². The van der Waals surface area contributed by atoms with E-state index in [1.54, 1.807) is 0 Å². The molecule has 60 valence electrons. The second-order valence-electron chi connectivity index (χ2n) is 1.93. The van der Waals surface area contributed by atoms with Crippen molar-refractivity contribution in [2.24, 2.45) is 5.73 Å². The highest BCUT2D eigenvalue weighted by Gasteiger charge is 2.15. The number of carboxylic acid groups (broad SMARTS) is 1. The molecule has 0 aromatic carbocycles. The van der Waals surface area contributed by atoms with Gasteiger partial charge in [-0.15, -0.1) is 0 Å². The molecule has 0 saturated heterocycles. The summed E-state index contributed by atoms with van der Waals surface area (Å²) in [6.07, 6.45) is -3.10. The minimum atomic E-state index is -2.63. The highest BCUT2D eigenvalue weighted by Crippen LogP contribution is 2.04. The van der Waals surface area contributed by atoms with Crippen molar-refractivity contribution >= 4 is 5.97 Å². The predicted molar refractivity (Wildman–Crippen MR) is 30.8 cm³/mol. The Kier molecular flexibility index (Phi) is 3.87. The molecule has 0 amide bonds. The number of aliphatic carboxylic acids is 1. The monoisotopic (exact) mass is 153 g/mol. The van der Waals surface area contributed by atoms with Crippen molar-refractivity contribution in [3.05, 3.63) is 0 Å². The summed E-state index contributed by atoms with van der Waals surface area (Å²) in [6.45, 7) is 0. The van der Waals surface area contributed by atoms with Gasteiger partial charge in [0.25, 0.3) is 6.43 Å². The normalized spacial score (nSPS) is 13.6. The van der Waals surface area contributed by atoms with E-state index < -0.39 is 18.4 Å².